The maximum absolute atomic E-state index is 11.8. The molecule has 0 saturated carbocycles. The lowest BCUT2D eigenvalue weighted by Crippen LogP contribution is -2.45. The van der Waals surface area contributed by atoms with Gasteiger partial charge in [0.2, 0.25) is 5.91 Å². The van der Waals surface area contributed by atoms with Crippen molar-refractivity contribution in [1.82, 2.24) is 25.5 Å². The second-order valence-corrected chi connectivity index (χ2v) is 6.45. The molecule has 2 aliphatic rings. The summed E-state index contributed by atoms with van der Waals surface area (Å²) in [7, 11) is 3.09. The number of nitrogens with one attached hydrogen (secondary N) is 1. The minimum absolute atomic E-state index is 0.00427. The van der Waals surface area contributed by atoms with Gasteiger partial charge >= 0.3 is 0 Å². The van der Waals surface area contributed by atoms with Crippen LogP contribution in [0.15, 0.2) is 24.3 Å². The molecular weight excluding hydrogens is 354 g/mol. The van der Waals surface area contributed by atoms with Gasteiger partial charge in [-0.3, -0.25) is 4.79 Å². The Morgan fingerprint density at radius 2 is 2.15 bits per heavy atom. The normalized spacial score (nSPS) is 26.7. The molecule has 10 heteroatoms. The summed E-state index contributed by atoms with van der Waals surface area (Å²) in [5.74, 6) is 1.14. The van der Waals surface area contributed by atoms with Crippen molar-refractivity contribution in [2.45, 2.75) is 24.3 Å². The summed E-state index contributed by atoms with van der Waals surface area (Å²) in [5.41, 5.74) is 0.839. The van der Waals surface area contributed by atoms with E-state index in [9.17, 15) is 4.79 Å². The maximum atomic E-state index is 11.8. The van der Waals surface area contributed by atoms with E-state index in [0.29, 0.717) is 19.0 Å². The van der Waals surface area contributed by atoms with Crippen LogP contribution in [0.3, 0.4) is 0 Å². The third-order valence-corrected chi connectivity index (χ3v) is 4.78. The number of carbonyl (C=O) groups excluding carboxylic acids is 1. The van der Waals surface area contributed by atoms with Crippen molar-refractivity contribution in [1.29, 1.82) is 0 Å². The fourth-order valence-electron chi connectivity index (χ4n) is 3.56. The van der Waals surface area contributed by atoms with Crippen molar-refractivity contribution < 1.29 is 23.7 Å². The molecule has 4 rings (SSSR count). The lowest BCUT2D eigenvalue weighted by Gasteiger charge is -2.18. The van der Waals surface area contributed by atoms with Crippen LogP contribution < -0.4 is 10.1 Å². The molecule has 4 atom stereocenters. The highest BCUT2D eigenvalue weighted by molar-refractivity contribution is 5.77. The Labute approximate surface area is 155 Å². The number of nitrogens with zero attached hydrogens (tertiary/aromatic N) is 4. The van der Waals surface area contributed by atoms with Gasteiger partial charge in [-0.1, -0.05) is 12.1 Å². The number of fused-ring (bicyclic) bond motifs is 1. The number of ether oxygens (including phenoxy) is 4. The number of tetrazole rings is 1. The minimum atomic E-state index is -0.252. The van der Waals surface area contributed by atoms with Gasteiger partial charge in [-0.2, -0.15) is 0 Å². The Kier molecular flexibility index (Phi) is 5.01. The molecule has 2 fully saturated rings. The SMILES string of the molecule is COCC(=O)N[C@H]1CO[C@H]2[C@@H]1OC[C@@H]2n1nnnc1-c1cccc(OC)c1. The third kappa shape index (κ3) is 3.38. The second kappa shape index (κ2) is 7.59. The highest BCUT2D eigenvalue weighted by atomic mass is 16.6. The number of rotatable bonds is 6. The summed E-state index contributed by atoms with van der Waals surface area (Å²) in [6, 6.07) is 7.13. The Morgan fingerprint density at radius 1 is 1.30 bits per heavy atom. The van der Waals surface area contributed by atoms with Gasteiger partial charge in [-0.25, -0.2) is 4.68 Å². The first kappa shape index (κ1) is 17.8. The first-order valence-corrected chi connectivity index (χ1v) is 8.65. The molecule has 2 aliphatic heterocycles. The first-order valence-electron chi connectivity index (χ1n) is 8.65. The van der Waals surface area contributed by atoms with Gasteiger partial charge in [-0.15, -0.1) is 5.10 Å². The standard InChI is InChI=1S/C17H21N5O5/c1-24-9-14(23)18-12-7-26-16-13(8-27-15(12)16)22-17(19-20-21-22)10-4-3-5-11(6-10)25-2/h3-6,12-13,15-16H,7-9H2,1-2H3,(H,18,23)/t12-,13-,15+,16+/m0/s1. The average Bonchev–Trinajstić information content (AvgIpc) is 3.39. The lowest BCUT2D eigenvalue weighted by molar-refractivity contribution is -0.126. The van der Waals surface area contributed by atoms with Crippen LogP contribution in [0.1, 0.15) is 6.04 Å². The van der Waals surface area contributed by atoms with Gasteiger partial charge in [0.15, 0.2) is 5.82 Å². The van der Waals surface area contributed by atoms with Crippen molar-refractivity contribution >= 4 is 5.91 Å². The molecule has 0 spiro atoms. The molecule has 2 aromatic rings. The van der Waals surface area contributed by atoms with Gasteiger partial charge in [0.25, 0.3) is 0 Å². The van der Waals surface area contributed by atoms with E-state index >= 15 is 0 Å². The molecular formula is C17H21N5O5. The summed E-state index contributed by atoms with van der Waals surface area (Å²) < 4.78 is 23.7. The Hall–Kier alpha value is -2.56. The van der Waals surface area contributed by atoms with Crippen LogP contribution in [0.4, 0.5) is 0 Å². The van der Waals surface area contributed by atoms with E-state index in [4.69, 9.17) is 18.9 Å². The van der Waals surface area contributed by atoms with Crippen molar-refractivity contribution in [3.05, 3.63) is 24.3 Å². The summed E-state index contributed by atoms with van der Waals surface area (Å²) >= 11 is 0. The van der Waals surface area contributed by atoms with Crippen molar-refractivity contribution in [2.24, 2.45) is 0 Å². The highest BCUT2D eigenvalue weighted by Crippen LogP contribution is 2.36. The summed E-state index contributed by atoms with van der Waals surface area (Å²) in [5, 5.41) is 15.0. The fourth-order valence-corrected chi connectivity index (χ4v) is 3.56. The Bertz CT molecular complexity index is 813. The maximum Gasteiger partial charge on any atom is 0.246 e. The zero-order valence-corrected chi connectivity index (χ0v) is 15.1. The first-order chi connectivity index (χ1) is 13.2. The highest BCUT2D eigenvalue weighted by Gasteiger charge is 2.50. The van der Waals surface area contributed by atoms with E-state index in [-0.39, 0.29) is 36.8 Å². The molecule has 2 saturated heterocycles. The van der Waals surface area contributed by atoms with E-state index in [1.54, 1.807) is 11.8 Å². The zero-order valence-electron chi connectivity index (χ0n) is 15.1. The topological polar surface area (TPSA) is 110 Å². The van der Waals surface area contributed by atoms with E-state index in [1.807, 2.05) is 24.3 Å². The molecule has 0 radical (unpaired) electrons. The summed E-state index contributed by atoms with van der Waals surface area (Å²) in [6.07, 6.45) is -0.496. The lowest BCUT2D eigenvalue weighted by atomic mass is 10.1. The van der Waals surface area contributed by atoms with Crippen molar-refractivity contribution in [3.8, 4) is 17.1 Å². The molecule has 1 aromatic carbocycles. The quantitative estimate of drug-likeness (QED) is 0.740. The minimum Gasteiger partial charge on any atom is -0.497 e. The number of aromatic nitrogens is 4. The largest absolute Gasteiger partial charge is 0.497 e. The molecule has 1 N–H and O–H groups in total. The number of carbonyl (C=O) groups is 1. The van der Waals surface area contributed by atoms with Crippen LogP contribution in [0.2, 0.25) is 0 Å². The Morgan fingerprint density at radius 3 is 2.96 bits per heavy atom. The number of hydrogen-bond acceptors (Lipinski definition) is 8. The van der Waals surface area contributed by atoms with Gasteiger partial charge < -0.3 is 24.3 Å². The summed E-state index contributed by atoms with van der Waals surface area (Å²) in [4.78, 5) is 11.8. The smallest absolute Gasteiger partial charge is 0.246 e. The monoisotopic (exact) mass is 375 g/mol. The van der Waals surface area contributed by atoms with Crippen LogP contribution in [0, 0.1) is 0 Å². The number of hydrogen-bond donors (Lipinski definition) is 1. The molecule has 0 unspecified atom stereocenters. The van der Waals surface area contributed by atoms with E-state index in [2.05, 4.69) is 20.8 Å². The number of methoxy groups -OCH3 is 2. The van der Waals surface area contributed by atoms with Crippen LogP contribution in [0.5, 0.6) is 5.75 Å². The van der Waals surface area contributed by atoms with Crippen molar-refractivity contribution in [2.75, 3.05) is 34.0 Å². The fraction of sp³-hybridized carbons (Fsp3) is 0.529. The van der Waals surface area contributed by atoms with E-state index < -0.39 is 0 Å². The van der Waals surface area contributed by atoms with Crippen LogP contribution in [0.25, 0.3) is 11.4 Å². The van der Waals surface area contributed by atoms with Crippen molar-refractivity contribution in [3.63, 3.8) is 0 Å². The molecule has 144 valence electrons. The molecule has 0 aliphatic carbocycles. The second-order valence-electron chi connectivity index (χ2n) is 6.45. The summed E-state index contributed by atoms with van der Waals surface area (Å²) in [6.45, 7) is 0.774. The molecule has 1 amide bonds. The van der Waals surface area contributed by atoms with E-state index in [1.165, 1.54) is 7.11 Å². The molecule has 27 heavy (non-hydrogen) atoms. The van der Waals surface area contributed by atoms with Gasteiger partial charge in [-0.05, 0) is 22.6 Å². The number of amides is 1. The number of benzene rings is 1. The van der Waals surface area contributed by atoms with Crippen LogP contribution >= 0.6 is 0 Å². The van der Waals surface area contributed by atoms with Gasteiger partial charge in [0.1, 0.15) is 30.6 Å². The van der Waals surface area contributed by atoms with Crippen LogP contribution in [-0.2, 0) is 19.0 Å². The van der Waals surface area contributed by atoms with Crippen LogP contribution in [-0.4, -0.2) is 78.4 Å². The average molecular weight is 375 g/mol. The molecule has 3 heterocycles. The molecule has 1 aromatic heterocycles. The molecule has 0 bridgehead atoms. The third-order valence-electron chi connectivity index (χ3n) is 4.78. The zero-order chi connectivity index (χ0) is 18.8. The van der Waals surface area contributed by atoms with Gasteiger partial charge in [0, 0.05) is 12.7 Å². The molecule has 10 nitrogen and oxygen atoms in total. The Balaban J connectivity index is 1.53. The van der Waals surface area contributed by atoms with Gasteiger partial charge in [0.05, 0.1) is 26.4 Å². The van der Waals surface area contributed by atoms with E-state index in [0.717, 1.165) is 11.3 Å². The predicted molar refractivity (Wildman–Crippen MR) is 92.1 cm³/mol. The predicted octanol–water partition coefficient (Wildman–Crippen LogP) is -0.181.